The lowest BCUT2D eigenvalue weighted by Gasteiger charge is -2.46. The van der Waals surface area contributed by atoms with Crippen LogP contribution in [-0.4, -0.2) is 346 Å². The van der Waals surface area contributed by atoms with E-state index in [4.69, 9.17) is 38.9 Å². The van der Waals surface area contributed by atoms with E-state index in [-0.39, 0.29) is 35.5 Å². The van der Waals surface area contributed by atoms with Crippen molar-refractivity contribution in [2.45, 2.75) is 303 Å². The smallest absolute Gasteiger partial charge is 0.329 e. The Morgan fingerprint density at radius 3 is 1.76 bits per heavy atom. The zero-order chi connectivity index (χ0) is 91.4. The largest absolute Gasteiger partial charge is 0.508 e. The van der Waals surface area contributed by atoms with Gasteiger partial charge in [-0.1, -0.05) is 95.1 Å². The van der Waals surface area contributed by atoms with Crippen molar-refractivity contribution in [3.63, 3.8) is 0 Å². The third-order valence-electron chi connectivity index (χ3n) is 21.2. The van der Waals surface area contributed by atoms with Crippen LogP contribution in [0.1, 0.15) is 137 Å². The first-order chi connectivity index (χ1) is 58.1. The number of unbranched alkanes of at least 4 members (excludes halogenated alkanes) is 8. The summed E-state index contributed by atoms with van der Waals surface area (Å²) < 4.78 is 40.9. The molecule has 0 spiro atoms. The summed E-state index contributed by atoms with van der Waals surface area (Å²) in [5.74, 6) is -15.9. The van der Waals surface area contributed by atoms with E-state index < -0.39 is 294 Å². The molecule has 0 radical (unpaired) electrons. The molecule has 4 aliphatic heterocycles. The number of rotatable bonds is 34. The summed E-state index contributed by atoms with van der Waals surface area (Å²) in [5, 5.41) is 174. The van der Waals surface area contributed by atoms with Gasteiger partial charge in [0.2, 0.25) is 53.2 Å². The highest BCUT2D eigenvalue weighted by Gasteiger charge is 2.52. The molecule has 6 rings (SSSR count). The normalized spacial score (nSPS) is 30.8. The first kappa shape index (κ1) is 102. The quantitative estimate of drug-likeness (QED) is 0.0176. The van der Waals surface area contributed by atoms with Crippen LogP contribution in [0.3, 0.4) is 0 Å². The van der Waals surface area contributed by atoms with Gasteiger partial charge < -0.3 is 163 Å². The minimum atomic E-state index is -2.41. The first-order valence-corrected chi connectivity index (χ1v) is 40.7. The molecule has 123 heavy (non-hydrogen) atoms. The van der Waals surface area contributed by atoms with Gasteiger partial charge in [0.05, 0.1) is 50.8 Å². The van der Waals surface area contributed by atoms with Crippen molar-refractivity contribution in [2.24, 2.45) is 5.73 Å². The Bertz CT molecular complexity index is 3850. The molecule has 44 heteroatoms. The Morgan fingerprint density at radius 2 is 1.20 bits per heavy atom. The van der Waals surface area contributed by atoms with Gasteiger partial charge in [-0.2, -0.15) is 0 Å². The van der Waals surface area contributed by atoms with E-state index in [1.54, 1.807) is 0 Å². The number of carbonyl (C=O) groups is 12. The lowest BCUT2D eigenvalue weighted by Crippen LogP contribution is -2.67. The molecule has 25 N–H and O–H groups in total. The summed E-state index contributed by atoms with van der Waals surface area (Å²) in [6, 6.07) is -6.20. The Hall–Kier alpha value is -9.30. The van der Waals surface area contributed by atoms with Crippen LogP contribution in [0.5, 0.6) is 11.5 Å². The molecule has 0 aliphatic carbocycles. The number of nitrogens with two attached hydrogens (primary N) is 1. The first-order valence-electron chi connectivity index (χ1n) is 40.7. The maximum absolute atomic E-state index is 15.4. The zero-order valence-corrected chi connectivity index (χ0v) is 69.6. The fourth-order valence-corrected chi connectivity index (χ4v) is 14.0. The SMILES string of the molecule is C/C=C1\NC(=O)[C@@H](Cc2ccc(O)cc2)NC(=O)[C@H]([C@H](C)O)NC(=O)[C@@H](NC(=O)C(NC(=O)C(O)C(CCCCCCCCCCC)O[C@@H]2OC[C@@H](O)[C@@H](O[C@H]3O[C@@H](CO)[C@H](O)[C@@H](O)[C@@H]3NC(C)=O)[C@@H]2O)C(C)O)[C@@H](C)OC(=O)[C@H](Cc2ccc(O)cc2)NC(=O)C(C(C)O[C@@H]2O[C@@H](CO)[C@H](O)[C@@H](O)[C@H]2O)N(C)C(=O)CNC(=O)[C@@H](CCC(N)=O)NC1=O. The van der Waals surface area contributed by atoms with Gasteiger partial charge in [0.15, 0.2) is 25.0 Å². The number of phenolic OH excluding ortho intramolecular Hbond substituents is 2. The molecule has 2 aromatic carbocycles. The number of hydrogen-bond acceptors (Lipinski definition) is 33. The number of esters is 1. The number of carbonyl (C=O) groups excluding carboxylic acids is 12. The number of benzene rings is 2. The van der Waals surface area contributed by atoms with E-state index in [0.29, 0.717) is 17.7 Å². The summed E-state index contributed by atoms with van der Waals surface area (Å²) in [6.07, 6.45) is -30.6. The van der Waals surface area contributed by atoms with E-state index >= 15 is 19.2 Å². The average molecular weight is 1750 g/mol. The Balaban J connectivity index is 1.44. The molecule has 690 valence electrons. The zero-order valence-electron chi connectivity index (χ0n) is 69.6. The molecule has 27 atom stereocenters. The number of phenols is 2. The number of nitrogens with zero attached hydrogens (tertiary/aromatic N) is 1. The number of allylic oxidation sites excluding steroid dienone is 1. The second-order valence-corrected chi connectivity index (χ2v) is 30.9. The Morgan fingerprint density at radius 1 is 0.642 bits per heavy atom. The maximum atomic E-state index is 15.4. The van der Waals surface area contributed by atoms with Crippen LogP contribution in [-0.2, 0) is 104 Å². The molecular weight excluding hydrogens is 1630 g/mol. The predicted octanol–water partition coefficient (Wildman–Crippen LogP) is -7.99. The third kappa shape index (κ3) is 30.0. The second kappa shape index (κ2) is 49.4. The predicted molar refractivity (Wildman–Crippen MR) is 423 cm³/mol. The van der Waals surface area contributed by atoms with Crippen molar-refractivity contribution in [3.8, 4) is 11.5 Å². The third-order valence-corrected chi connectivity index (χ3v) is 21.2. The molecule has 6 unspecified atom stereocenters. The number of primary amides is 1. The minimum Gasteiger partial charge on any atom is -0.508 e. The number of aliphatic hydroxyl groups excluding tert-OH is 12. The van der Waals surface area contributed by atoms with Gasteiger partial charge in [0.1, 0.15) is 133 Å². The highest BCUT2D eigenvalue weighted by atomic mass is 16.7. The van der Waals surface area contributed by atoms with Crippen LogP contribution in [0.2, 0.25) is 0 Å². The van der Waals surface area contributed by atoms with Crippen LogP contribution in [0.25, 0.3) is 0 Å². The molecule has 4 heterocycles. The summed E-state index contributed by atoms with van der Waals surface area (Å²) >= 11 is 0. The van der Waals surface area contributed by atoms with Crippen LogP contribution >= 0.6 is 0 Å². The lowest BCUT2D eigenvalue weighted by molar-refractivity contribution is -0.339. The summed E-state index contributed by atoms with van der Waals surface area (Å²) in [4.78, 5) is 173. The monoisotopic (exact) mass is 1750 g/mol. The molecule has 0 saturated carbocycles. The summed E-state index contributed by atoms with van der Waals surface area (Å²) in [6.45, 7) is 4.86. The number of nitrogens with one attached hydrogen (secondary N) is 9. The molecule has 4 fully saturated rings. The number of aromatic hydroxyl groups is 2. The van der Waals surface area contributed by atoms with Crippen molar-refractivity contribution in [1.82, 2.24) is 52.8 Å². The van der Waals surface area contributed by atoms with Gasteiger partial charge in [-0.05, 0) is 82.9 Å². The Kier molecular flexibility index (Phi) is 41.2. The molecular formula is C79H121N11O33. The fraction of sp³-hybridized carbons (Fsp3) is 0.671. The Labute approximate surface area is 708 Å². The summed E-state index contributed by atoms with van der Waals surface area (Å²) in [5.41, 5.74) is 5.19. The molecule has 44 nitrogen and oxygen atoms in total. The van der Waals surface area contributed by atoms with Gasteiger partial charge in [-0.15, -0.1) is 0 Å². The molecule has 11 amide bonds. The number of amides is 11. The van der Waals surface area contributed by atoms with E-state index in [9.17, 15) is 110 Å². The molecule has 4 saturated heterocycles. The standard InChI is InChI=1S/C79H121N11O33/c1-9-11-12-13-14-15-16-17-18-19-50(120-78-66(107)67(49(98)35-117-78)123-77-58(82-40(7)95)63(104)60(101)51(33-91)121-77)62(103)75(115)88-56(37(4)94)72(112)89-57-38(5)118-76(116)48(31-42-22-26-44(97)27-23-42)86-74(114)59(39(6)119-79-65(106)64(105)61(102)52(34-92)122-79)90(8)54(100)32-81-68(108)46(28-29-53(80)99)84-69(109)45(10-2)83-70(110)47(30-41-20-24-43(96)25-21-41)85-71(111)55(36(3)93)87-73(57)113/h10,20-27,36-39,46-52,55-67,77-79,91-94,96-98,101-107H,9,11-19,28-35H2,1-8H3,(H2,80,99)(H,81,108)(H,82,95)(H,83,110)(H,84,109)(H,85,111)(H,86,114)(H,87,113)(H,88,115)(H,89,112)/b45-10-/t36-,37?,38+,39?,46+,47+,48-,49+,50?,51-,52-,55-,56?,57-,58-,59?,60-,61-,62?,63-,64+,65+,66-,67+,77+,78-,79+/m0/s1. The topological polar surface area (TPSA) is 690 Å². The number of aliphatic hydroxyl groups is 12. The number of likely N-dealkylation sites (N-methyl/N-ethyl adjacent to an activating group) is 1. The van der Waals surface area contributed by atoms with Crippen LogP contribution in [0, 0.1) is 0 Å². The molecule has 0 aromatic heterocycles. The average Bonchev–Trinajstić information content (AvgIpc) is 0.811. The second-order valence-electron chi connectivity index (χ2n) is 30.9. The van der Waals surface area contributed by atoms with Crippen molar-refractivity contribution >= 4 is 70.9 Å². The number of ether oxygens (including phenoxy) is 7. The molecule has 0 bridgehead atoms. The number of cyclic esters (lactones) is 1. The van der Waals surface area contributed by atoms with Crippen molar-refractivity contribution < 1.29 is 162 Å². The van der Waals surface area contributed by atoms with Crippen LogP contribution in [0.4, 0.5) is 0 Å². The highest BCUT2D eigenvalue weighted by molar-refractivity contribution is 6.02. The van der Waals surface area contributed by atoms with Crippen molar-refractivity contribution in [3.05, 3.63) is 71.4 Å². The maximum Gasteiger partial charge on any atom is 0.329 e. The highest BCUT2D eigenvalue weighted by Crippen LogP contribution is 2.31. The van der Waals surface area contributed by atoms with E-state index in [1.165, 1.54) is 55.5 Å². The van der Waals surface area contributed by atoms with Gasteiger partial charge in [0.25, 0.3) is 11.8 Å². The van der Waals surface area contributed by atoms with Gasteiger partial charge in [-0.25, -0.2) is 4.79 Å². The van der Waals surface area contributed by atoms with Crippen LogP contribution in [0.15, 0.2) is 60.3 Å². The number of hydrogen-bond donors (Lipinski definition) is 24. The van der Waals surface area contributed by atoms with E-state index in [0.717, 1.165) is 86.3 Å². The van der Waals surface area contributed by atoms with Gasteiger partial charge in [-0.3, -0.25) is 52.7 Å². The minimum absolute atomic E-state index is 0.133. The molecule has 2 aromatic rings. The van der Waals surface area contributed by atoms with Crippen molar-refractivity contribution in [1.29, 1.82) is 0 Å². The molecule has 4 aliphatic rings. The van der Waals surface area contributed by atoms with Gasteiger partial charge in [0, 0.05) is 33.2 Å². The lowest BCUT2D eigenvalue weighted by atomic mass is 9.96. The summed E-state index contributed by atoms with van der Waals surface area (Å²) in [7, 11) is 0.992. The van der Waals surface area contributed by atoms with E-state index in [1.807, 2.05) is 0 Å². The van der Waals surface area contributed by atoms with E-state index in [2.05, 4.69) is 54.8 Å². The van der Waals surface area contributed by atoms with Crippen molar-refractivity contribution in [2.75, 3.05) is 33.4 Å². The fourth-order valence-electron chi connectivity index (χ4n) is 14.0. The van der Waals surface area contributed by atoms with Gasteiger partial charge >= 0.3 is 5.97 Å². The van der Waals surface area contributed by atoms with Crippen LogP contribution < -0.4 is 53.6 Å².